The number of benzene rings is 1. The number of carbonyl (C=O) groups excluding carboxylic acids is 1. The van der Waals surface area contributed by atoms with Gasteiger partial charge in [0.1, 0.15) is 0 Å². The molecule has 1 aliphatic heterocycles. The number of thiazole rings is 1. The summed E-state index contributed by atoms with van der Waals surface area (Å²) in [5.41, 5.74) is 2.13. The van der Waals surface area contributed by atoms with Crippen LogP contribution in [0.2, 0.25) is 0 Å². The molecule has 122 valence electrons. The van der Waals surface area contributed by atoms with Gasteiger partial charge < -0.3 is 15.5 Å². The standard InChI is InChI=1S/C17H22N4OS/c22-16(21-10-4-5-11-21)12-18-8-9-19-17-20-15(13-23-17)14-6-2-1-3-7-14/h1-3,6-7,13,18H,4-5,8-12H2,(H,19,20). The van der Waals surface area contributed by atoms with Gasteiger partial charge in [-0.25, -0.2) is 4.98 Å². The van der Waals surface area contributed by atoms with Crippen molar-refractivity contribution in [3.63, 3.8) is 0 Å². The Morgan fingerprint density at radius 1 is 1.17 bits per heavy atom. The van der Waals surface area contributed by atoms with E-state index in [4.69, 9.17) is 0 Å². The van der Waals surface area contributed by atoms with Crippen LogP contribution in [0.5, 0.6) is 0 Å². The van der Waals surface area contributed by atoms with Gasteiger partial charge in [0.15, 0.2) is 5.13 Å². The highest BCUT2D eigenvalue weighted by molar-refractivity contribution is 7.14. The average molecular weight is 330 g/mol. The lowest BCUT2D eigenvalue weighted by Crippen LogP contribution is -2.37. The van der Waals surface area contributed by atoms with Crippen molar-refractivity contribution in [1.29, 1.82) is 0 Å². The number of hydrogen-bond acceptors (Lipinski definition) is 5. The largest absolute Gasteiger partial charge is 0.360 e. The van der Waals surface area contributed by atoms with Gasteiger partial charge in [-0.3, -0.25) is 4.79 Å². The second kappa shape index (κ2) is 8.08. The van der Waals surface area contributed by atoms with Crippen molar-refractivity contribution >= 4 is 22.4 Å². The number of likely N-dealkylation sites (tertiary alicyclic amines) is 1. The maximum Gasteiger partial charge on any atom is 0.236 e. The third-order valence-electron chi connectivity index (χ3n) is 3.89. The number of aromatic nitrogens is 1. The molecule has 1 fully saturated rings. The molecular formula is C17H22N4OS. The molecule has 1 aromatic heterocycles. The summed E-state index contributed by atoms with van der Waals surface area (Å²) in [6, 6.07) is 10.2. The van der Waals surface area contributed by atoms with Crippen LogP contribution < -0.4 is 10.6 Å². The van der Waals surface area contributed by atoms with E-state index in [1.165, 1.54) is 0 Å². The highest BCUT2D eigenvalue weighted by Crippen LogP contribution is 2.24. The van der Waals surface area contributed by atoms with Crippen molar-refractivity contribution in [3.05, 3.63) is 35.7 Å². The SMILES string of the molecule is O=C(CNCCNc1nc(-c2ccccc2)cs1)N1CCCC1. The van der Waals surface area contributed by atoms with Crippen LogP contribution in [-0.4, -0.2) is 48.5 Å². The molecule has 23 heavy (non-hydrogen) atoms. The summed E-state index contributed by atoms with van der Waals surface area (Å²) in [5.74, 6) is 0.211. The van der Waals surface area contributed by atoms with Crippen LogP contribution in [0.4, 0.5) is 5.13 Å². The normalized spacial score (nSPS) is 14.2. The van der Waals surface area contributed by atoms with Crippen LogP contribution in [0.1, 0.15) is 12.8 Å². The van der Waals surface area contributed by atoms with E-state index in [0.717, 1.165) is 55.4 Å². The van der Waals surface area contributed by atoms with Crippen LogP contribution in [0.25, 0.3) is 11.3 Å². The second-order valence-electron chi connectivity index (χ2n) is 5.60. The summed E-state index contributed by atoms with van der Waals surface area (Å²) < 4.78 is 0. The summed E-state index contributed by atoms with van der Waals surface area (Å²) >= 11 is 1.60. The quantitative estimate of drug-likeness (QED) is 0.766. The number of nitrogens with one attached hydrogen (secondary N) is 2. The molecule has 0 atom stereocenters. The molecular weight excluding hydrogens is 308 g/mol. The van der Waals surface area contributed by atoms with E-state index in [1.807, 2.05) is 23.1 Å². The molecule has 1 aromatic carbocycles. The van der Waals surface area contributed by atoms with Crippen LogP contribution >= 0.6 is 11.3 Å². The van der Waals surface area contributed by atoms with Crippen molar-refractivity contribution in [2.75, 3.05) is 38.0 Å². The lowest BCUT2D eigenvalue weighted by atomic mass is 10.2. The van der Waals surface area contributed by atoms with Crippen LogP contribution in [0.15, 0.2) is 35.7 Å². The van der Waals surface area contributed by atoms with E-state index < -0.39 is 0 Å². The van der Waals surface area contributed by atoms with Crippen LogP contribution in [0, 0.1) is 0 Å². The van der Waals surface area contributed by atoms with Gasteiger partial charge in [-0.1, -0.05) is 30.3 Å². The Morgan fingerprint density at radius 2 is 1.96 bits per heavy atom. The topological polar surface area (TPSA) is 57.3 Å². The van der Waals surface area contributed by atoms with Crippen molar-refractivity contribution in [2.45, 2.75) is 12.8 Å². The van der Waals surface area contributed by atoms with Crippen molar-refractivity contribution in [2.24, 2.45) is 0 Å². The van der Waals surface area contributed by atoms with Gasteiger partial charge >= 0.3 is 0 Å². The zero-order valence-corrected chi connectivity index (χ0v) is 13.9. The molecule has 5 nitrogen and oxygen atoms in total. The highest BCUT2D eigenvalue weighted by Gasteiger charge is 2.16. The number of nitrogens with zero attached hydrogens (tertiary/aromatic N) is 2. The summed E-state index contributed by atoms with van der Waals surface area (Å²) in [7, 11) is 0. The molecule has 0 aliphatic carbocycles. The molecule has 0 saturated carbocycles. The van der Waals surface area contributed by atoms with Gasteiger partial charge in [0.05, 0.1) is 12.2 Å². The van der Waals surface area contributed by atoms with Crippen molar-refractivity contribution in [3.8, 4) is 11.3 Å². The van der Waals surface area contributed by atoms with E-state index in [0.29, 0.717) is 6.54 Å². The number of amides is 1. The first-order valence-electron chi connectivity index (χ1n) is 8.06. The van der Waals surface area contributed by atoms with Crippen LogP contribution in [-0.2, 0) is 4.79 Å². The minimum atomic E-state index is 0.211. The predicted octanol–water partition coefficient (Wildman–Crippen LogP) is 2.43. The minimum Gasteiger partial charge on any atom is -0.360 e. The fraction of sp³-hybridized carbons (Fsp3) is 0.412. The van der Waals surface area contributed by atoms with Gasteiger partial charge in [0, 0.05) is 37.1 Å². The summed E-state index contributed by atoms with van der Waals surface area (Å²) in [6.07, 6.45) is 2.28. The Bertz CT molecular complexity index is 623. The molecule has 1 saturated heterocycles. The molecule has 0 unspecified atom stereocenters. The smallest absolute Gasteiger partial charge is 0.236 e. The Kier molecular flexibility index (Phi) is 5.60. The zero-order valence-electron chi connectivity index (χ0n) is 13.1. The third kappa shape index (κ3) is 4.53. The summed E-state index contributed by atoms with van der Waals surface area (Å²) in [6.45, 7) is 3.77. The number of anilines is 1. The molecule has 0 radical (unpaired) electrons. The summed E-state index contributed by atoms with van der Waals surface area (Å²) in [5, 5.41) is 9.46. The zero-order chi connectivity index (χ0) is 15.9. The van der Waals surface area contributed by atoms with Crippen molar-refractivity contribution < 1.29 is 4.79 Å². The molecule has 3 rings (SSSR count). The van der Waals surface area contributed by atoms with Gasteiger partial charge in [-0.05, 0) is 12.8 Å². The maximum atomic E-state index is 11.9. The lowest BCUT2D eigenvalue weighted by molar-refractivity contribution is -0.129. The second-order valence-corrected chi connectivity index (χ2v) is 6.45. The predicted molar refractivity (Wildman–Crippen MR) is 94.7 cm³/mol. The first-order chi connectivity index (χ1) is 11.3. The molecule has 0 bridgehead atoms. The fourth-order valence-electron chi connectivity index (χ4n) is 2.63. The van der Waals surface area contributed by atoms with E-state index >= 15 is 0 Å². The number of hydrogen-bond donors (Lipinski definition) is 2. The summed E-state index contributed by atoms with van der Waals surface area (Å²) in [4.78, 5) is 18.4. The number of carbonyl (C=O) groups is 1. The van der Waals surface area contributed by atoms with E-state index in [9.17, 15) is 4.79 Å². The number of rotatable bonds is 7. The van der Waals surface area contributed by atoms with Gasteiger partial charge in [0.25, 0.3) is 0 Å². The lowest BCUT2D eigenvalue weighted by Gasteiger charge is -2.15. The van der Waals surface area contributed by atoms with Gasteiger partial charge in [0.2, 0.25) is 5.91 Å². The fourth-order valence-corrected chi connectivity index (χ4v) is 3.38. The Labute approximate surface area is 140 Å². The van der Waals surface area contributed by atoms with E-state index in [-0.39, 0.29) is 5.91 Å². The van der Waals surface area contributed by atoms with Crippen molar-refractivity contribution in [1.82, 2.24) is 15.2 Å². The Hall–Kier alpha value is -1.92. The van der Waals surface area contributed by atoms with Gasteiger partial charge in [-0.2, -0.15) is 0 Å². The van der Waals surface area contributed by atoms with E-state index in [2.05, 4.69) is 33.1 Å². The molecule has 0 spiro atoms. The molecule has 1 amide bonds. The first kappa shape index (κ1) is 16.0. The monoisotopic (exact) mass is 330 g/mol. The van der Waals surface area contributed by atoms with Crippen LogP contribution in [0.3, 0.4) is 0 Å². The molecule has 2 aromatic rings. The highest BCUT2D eigenvalue weighted by atomic mass is 32.1. The van der Waals surface area contributed by atoms with E-state index in [1.54, 1.807) is 11.3 Å². The Balaban J connectivity index is 1.36. The Morgan fingerprint density at radius 3 is 2.74 bits per heavy atom. The molecule has 2 heterocycles. The third-order valence-corrected chi connectivity index (χ3v) is 4.69. The minimum absolute atomic E-state index is 0.211. The average Bonchev–Trinajstić information content (AvgIpc) is 3.27. The van der Waals surface area contributed by atoms with Gasteiger partial charge in [-0.15, -0.1) is 11.3 Å². The molecule has 2 N–H and O–H groups in total. The molecule has 6 heteroatoms. The molecule has 1 aliphatic rings. The maximum absolute atomic E-state index is 11.9. The first-order valence-corrected chi connectivity index (χ1v) is 8.94.